The van der Waals surface area contributed by atoms with Gasteiger partial charge in [0.1, 0.15) is 11.5 Å². The first-order valence-corrected chi connectivity index (χ1v) is 9.00. The Hall–Kier alpha value is -3.15. The van der Waals surface area contributed by atoms with Crippen LogP contribution in [0.5, 0.6) is 0 Å². The van der Waals surface area contributed by atoms with Gasteiger partial charge in [0.05, 0.1) is 11.4 Å². The van der Waals surface area contributed by atoms with Gasteiger partial charge in [-0.3, -0.25) is 5.10 Å². The Kier molecular flexibility index (Phi) is 4.39. The third-order valence-electron chi connectivity index (χ3n) is 4.74. The molecular formula is C21H21FN4O. The molecule has 3 N–H and O–H groups in total. The van der Waals surface area contributed by atoms with E-state index in [1.807, 2.05) is 26.0 Å². The van der Waals surface area contributed by atoms with Crippen LogP contribution in [-0.2, 0) is 0 Å². The van der Waals surface area contributed by atoms with Crippen molar-refractivity contribution in [1.82, 2.24) is 10.2 Å². The van der Waals surface area contributed by atoms with Crippen LogP contribution < -0.4 is 10.6 Å². The van der Waals surface area contributed by atoms with Crippen molar-refractivity contribution in [3.8, 4) is 11.3 Å². The minimum atomic E-state index is -0.421. The summed E-state index contributed by atoms with van der Waals surface area (Å²) in [7, 11) is 0. The van der Waals surface area contributed by atoms with Crippen molar-refractivity contribution >= 4 is 17.4 Å². The molecule has 0 aliphatic heterocycles. The van der Waals surface area contributed by atoms with Gasteiger partial charge in [-0.2, -0.15) is 5.10 Å². The molecule has 27 heavy (non-hydrogen) atoms. The molecule has 0 spiro atoms. The van der Waals surface area contributed by atoms with E-state index < -0.39 is 11.8 Å². The van der Waals surface area contributed by atoms with E-state index in [-0.39, 0.29) is 0 Å². The average Bonchev–Trinajstić information content (AvgIpc) is 3.37. The summed E-state index contributed by atoms with van der Waals surface area (Å²) in [5.41, 5.74) is 6.01. The number of aromatic amines is 1. The van der Waals surface area contributed by atoms with Crippen molar-refractivity contribution in [3.05, 3.63) is 65.1 Å². The molecular weight excluding hydrogens is 343 g/mol. The van der Waals surface area contributed by atoms with Gasteiger partial charge in [0.25, 0.3) is 0 Å². The number of anilines is 2. The van der Waals surface area contributed by atoms with E-state index in [9.17, 15) is 9.18 Å². The Balaban J connectivity index is 1.64. The molecule has 0 unspecified atom stereocenters. The SMILES string of the molecule is Cc1ccc(-c2n[nH]c(C3CC3)c2NC(=O)Nc2cccc(F)c2)c(C)c1. The van der Waals surface area contributed by atoms with Gasteiger partial charge >= 0.3 is 6.03 Å². The van der Waals surface area contributed by atoms with E-state index in [1.165, 1.54) is 17.7 Å². The monoisotopic (exact) mass is 364 g/mol. The molecule has 1 fully saturated rings. The van der Waals surface area contributed by atoms with E-state index in [1.54, 1.807) is 12.1 Å². The number of nitrogens with zero attached hydrogens (tertiary/aromatic N) is 1. The second-order valence-electron chi connectivity index (χ2n) is 7.04. The van der Waals surface area contributed by atoms with E-state index in [2.05, 4.69) is 26.9 Å². The number of aryl methyl sites for hydroxylation is 2. The normalized spacial score (nSPS) is 13.4. The lowest BCUT2D eigenvalue weighted by atomic mass is 10.0. The van der Waals surface area contributed by atoms with Crippen LogP contribution in [0.1, 0.15) is 35.6 Å². The molecule has 6 heteroatoms. The lowest BCUT2D eigenvalue weighted by Gasteiger charge is -2.11. The molecule has 1 saturated carbocycles. The topological polar surface area (TPSA) is 69.8 Å². The van der Waals surface area contributed by atoms with Crippen LogP contribution in [0.3, 0.4) is 0 Å². The summed E-state index contributed by atoms with van der Waals surface area (Å²) in [6, 6.07) is 11.5. The molecule has 0 bridgehead atoms. The lowest BCUT2D eigenvalue weighted by molar-refractivity contribution is 0.262. The van der Waals surface area contributed by atoms with Crippen LogP contribution >= 0.6 is 0 Å². The van der Waals surface area contributed by atoms with E-state index in [0.717, 1.165) is 35.4 Å². The molecule has 0 saturated heterocycles. The van der Waals surface area contributed by atoms with Gasteiger partial charge in [0.2, 0.25) is 0 Å². The Morgan fingerprint density at radius 2 is 1.96 bits per heavy atom. The van der Waals surface area contributed by atoms with Crippen molar-refractivity contribution in [2.24, 2.45) is 0 Å². The number of urea groups is 1. The second kappa shape index (κ2) is 6.87. The average molecular weight is 364 g/mol. The van der Waals surface area contributed by atoms with Gasteiger partial charge in [-0.1, -0.05) is 29.8 Å². The van der Waals surface area contributed by atoms with Gasteiger partial charge in [0, 0.05) is 17.2 Å². The summed E-state index contributed by atoms with van der Waals surface area (Å²) in [6.07, 6.45) is 2.16. The van der Waals surface area contributed by atoms with Crippen LogP contribution in [0, 0.1) is 19.7 Å². The molecule has 138 valence electrons. The van der Waals surface area contributed by atoms with Crippen molar-refractivity contribution < 1.29 is 9.18 Å². The zero-order valence-corrected chi connectivity index (χ0v) is 15.3. The van der Waals surface area contributed by atoms with Crippen molar-refractivity contribution in [2.45, 2.75) is 32.6 Å². The molecule has 4 rings (SSSR count). The molecule has 1 aliphatic rings. The number of halogens is 1. The van der Waals surface area contributed by atoms with Crippen LogP contribution in [0.4, 0.5) is 20.6 Å². The highest BCUT2D eigenvalue weighted by molar-refractivity contribution is 6.02. The summed E-state index contributed by atoms with van der Waals surface area (Å²) in [4.78, 5) is 12.5. The maximum Gasteiger partial charge on any atom is 0.323 e. The van der Waals surface area contributed by atoms with Crippen LogP contribution in [0.2, 0.25) is 0 Å². The number of rotatable bonds is 4. The van der Waals surface area contributed by atoms with Gasteiger partial charge in [-0.25, -0.2) is 9.18 Å². The molecule has 3 aromatic rings. The van der Waals surface area contributed by atoms with E-state index in [0.29, 0.717) is 17.3 Å². The third kappa shape index (κ3) is 3.69. The molecule has 2 amide bonds. The molecule has 5 nitrogen and oxygen atoms in total. The van der Waals surface area contributed by atoms with Crippen LogP contribution in [0.25, 0.3) is 11.3 Å². The van der Waals surface area contributed by atoms with Crippen LogP contribution in [-0.4, -0.2) is 16.2 Å². The number of amides is 2. The number of benzene rings is 2. The first-order chi connectivity index (χ1) is 13.0. The highest BCUT2D eigenvalue weighted by Crippen LogP contribution is 2.45. The second-order valence-corrected chi connectivity index (χ2v) is 7.04. The third-order valence-corrected chi connectivity index (χ3v) is 4.74. The van der Waals surface area contributed by atoms with Crippen molar-refractivity contribution in [1.29, 1.82) is 0 Å². The number of nitrogens with one attached hydrogen (secondary N) is 3. The fourth-order valence-electron chi connectivity index (χ4n) is 3.27. The maximum absolute atomic E-state index is 13.3. The molecule has 1 aromatic heterocycles. The zero-order valence-electron chi connectivity index (χ0n) is 15.3. The van der Waals surface area contributed by atoms with Crippen molar-refractivity contribution in [3.63, 3.8) is 0 Å². The summed E-state index contributed by atoms with van der Waals surface area (Å²) in [6.45, 7) is 4.08. The van der Waals surface area contributed by atoms with Gasteiger partial charge < -0.3 is 10.6 Å². The first-order valence-electron chi connectivity index (χ1n) is 9.00. The standard InChI is InChI=1S/C21H21FN4O/c1-12-6-9-17(13(2)10-12)19-20(18(25-26-19)14-7-8-14)24-21(27)23-16-5-3-4-15(22)11-16/h3-6,9-11,14H,7-8H2,1-2H3,(H,25,26)(H2,23,24,27). The Morgan fingerprint density at radius 3 is 2.67 bits per heavy atom. The fourth-order valence-corrected chi connectivity index (χ4v) is 3.27. The first kappa shape index (κ1) is 17.3. The minimum Gasteiger partial charge on any atom is -0.308 e. The highest BCUT2D eigenvalue weighted by atomic mass is 19.1. The lowest BCUT2D eigenvalue weighted by Crippen LogP contribution is -2.20. The largest absolute Gasteiger partial charge is 0.323 e. The highest BCUT2D eigenvalue weighted by Gasteiger charge is 2.31. The Bertz CT molecular complexity index is 1010. The molecule has 2 aromatic carbocycles. The Labute approximate surface area is 157 Å². The summed E-state index contributed by atoms with van der Waals surface area (Å²) in [5.74, 6) is -0.00720. The van der Waals surface area contributed by atoms with Gasteiger partial charge in [-0.15, -0.1) is 0 Å². The van der Waals surface area contributed by atoms with Crippen LogP contribution in [0.15, 0.2) is 42.5 Å². The molecule has 1 heterocycles. The smallest absolute Gasteiger partial charge is 0.308 e. The zero-order chi connectivity index (χ0) is 19.0. The number of carbonyl (C=O) groups is 1. The number of hydrogen-bond acceptors (Lipinski definition) is 2. The van der Waals surface area contributed by atoms with E-state index >= 15 is 0 Å². The van der Waals surface area contributed by atoms with Gasteiger partial charge in [0.15, 0.2) is 0 Å². The quantitative estimate of drug-likeness (QED) is 0.584. The summed E-state index contributed by atoms with van der Waals surface area (Å²) in [5, 5.41) is 13.2. The number of hydrogen-bond donors (Lipinski definition) is 3. The fraction of sp³-hybridized carbons (Fsp3) is 0.238. The number of carbonyl (C=O) groups excluding carboxylic acids is 1. The molecule has 1 aliphatic carbocycles. The molecule has 0 radical (unpaired) electrons. The predicted molar refractivity (Wildman–Crippen MR) is 105 cm³/mol. The van der Waals surface area contributed by atoms with E-state index in [4.69, 9.17) is 0 Å². The summed E-state index contributed by atoms with van der Waals surface area (Å²) < 4.78 is 13.3. The Morgan fingerprint density at radius 1 is 1.15 bits per heavy atom. The molecule has 0 atom stereocenters. The maximum atomic E-state index is 13.3. The minimum absolute atomic E-state index is 0.390. The van der Waals surface area contributed by atoms with Gasteiger partial charge in [-0.05, 0) is 50.5 Å². The number of H-pyrrole nitrogens is 1. The number of aromatic nitrogens is 2. The predicted octanol–water partition coefficient (Wildman–Crippen LogP) is 5.35. The summed E-state index contributed by atoms with van der Waals surface area (Å²) >= 11 is 0. The van der Waals surface area contributed by atoms with Crippen molar-refractivity contribution in [2.75, 3.05) is 10.6 Å².